The lowest BCUT2D eigenvalue weighted by Gasteiger charge is -2.23. The van der Waals surface area contributed by atoms with E-state index < -0.39 is 10.0 Å². The highest BCUT2D eigenvalue weighted by Gasteiger charge is 2.21. The second kappa shape index (κ2) is 9.32. The molecule has 0 aliphatic rings. The van der Waals surface area contributed by atoms with Crippen molar-refractivity contribution in [1.82, 2.24) is 0 Å². The van der Waals surface area contributed by atoms with Gasteiger partial charge in [-0.3, -0.25) is 9.10 Å². The molecule has 32 heavy (non-hydrogen) atoms. The molecule has 0 radical (unpaired) electrons. The molecule has 0 saturated heterocycles. The third-order valence-electron chi connectivity index (χ3n) is 5.10. The summed E-state index contributed by atoms with van der Waals surface area (Å²) >= 11 is 0. The summed E-state index contributed by atoms with van der Waals surface area (Å²) in [5.41, 5.74) is 3.60. The van der Waals surface area contributed by atoms with Crippen LogP contribution in [0.4, 0.5) is 17.1 Å². The van der Waals surface area contributed by atoms with Gasteiger partial charge in [0.15, 0.2) is 0 Å². The molecule has 8 heteroatoms. The van der Waals surface area contributed by atoms with Crippen molar-refractivity contribution >= 4 is 33.0 Å². The fraction of sp³-hybridized carbons (Fsp3) is 0.208. The first-order chi connectivity index (χ1) is 15.1. The molecule has 0 spiro atoms. The topological polar surface area (TPSA) is 79.0 Å². The minimum Gasteiger partial charge on any atom is -0.495 e. The smallest absolute Gasteiger partial charge is 0.257 e. The van der Waals surface area contributed by atoms with Crippen LogP contribution in [0.15, 0.2) is 66.7 Å². The number of hydrogen-bond acceptors (Lipinski definition) is 5. The van der Waals surface area contributed by atoms with Crippen LogP contribution in [0, 0.1) is 0 Å². The predicted molar refractivity (Wildman–Crippen MR) is 130 cm³/mol. The highest BCUT2D eigenvalue weighted by Crippen LogP contribution is 2.35. The predicted octanol–water partition coefficient (Wildman–Crippen LogP) is 4.08. The summed E-state index contributed by atoms with van der Waals surface area (Å²) in [7, 11) is 3.12. The van der Waals surface area contributed by atoms with Crippen LogP contribution in [-0.2, 0) is 10.0 Å². The Hall–Kier alpha value is -3.52. The van der Waals surface area contributed by atoms with Crippen molar-refractivity contribution in [3.63, 3.8) is 0 Å². The first-order valence-electron chi connectivity index (χ1n) is 9.92. The summed E-state index contributed by atoms with van der Waals surface area (Å²) in [4.78, 5) is 15.1. The van der Waals surface area contributed by atoms with Crippen molar-refractivity contribution in [2.45, 2.75) is 0 Å². The maximum atomic E-state index is 13.3. The minimum absolute atomic E-state index is 0.370. The van der Waals surface area contributed by atoms with E-state index in [9.17, 15) is 13.2 Å². The normalized spacial score (nSPS) is 11.0. The lowest BCUT2D eigenvalue weighted by atomic mass is 10.0. The third kappa shape index (κ3) is 4.86. The SMILES string of the molecule is COc1cccc(C(=O)Nc2cc(-c3ccccc3)ccc2N(C)S(C)(=O)=O)c1N(C)C. The van der Waals surface area contributed by atoms with E-state index in [1.807, 2.05) is 50.5 Å². The number of ether oxygens (including phenoxy) is 1. The largest absolute Gasteiger partial charge is 0.495 e. The number of sulfonamides is 1. The Labute approximate surface area is 189 Å². The molecule has 0 aliphatic heterocycles. The molecule has 3 aromatic carbocycles. The molecule has 0 bridgehead atoms. The van der Waals surface area contributed by atoms with E-state index in [1.165, 1.54) is 7.05 Å². The van der Waals surface area contributed by atoms with Gasteiger partial charge in [0.2, 0.25) is 10.0 Å². The number of amides is 1. The van der Waals surface area contributed by atoms with Gasteiger partial charge < -0.3 is 15.0 Å². The molecule has 0 saturated carbocycles. The summed E-state index contributed by atoms with van der Waals surface area (Å²) in [5.74, 6) is 0.190. The van der Waals surface area contributed by atoms with E-state index in [1.54, 1.807) is 42.3 Å². The van der Waals surface area contributed by atoms with E-state index in [2.05, 4.69) is 5.32 Å². The maximum Gasteiger partial charge on any atom is 0.257 e. The Balaban J connectivity index is 2.10. The molecule has 168 valence electrons. The molecule has 1 N–H and O–H groups in total. The zero-order valence-electron chi connectivity index (χ0n) is 18.8. The Bertz CT molecular complexity index is 1230. The number of para-hydroxylation sites is 1. The van der Waals surface area contributed by atoms with E-state index >= 15 is 0 Å². The second-order valence-corrected chi connectivity index (χ2v) is 9.55. The summed E-state index contributed by atoms with van der Waals surface area (Å²) in [6.07, 6.45) is 1.12. The highest BCUT2D eigenvalue weighted by atomic mass is 32.2. The number of benzene rings is 3. The molecular formula is C24H27N3O4S. The summed E-state index contributed by atoms with van der Waals surface area (Å²) in [6.45, 7) is 0. The quantitative estimate of drug-likeness (QED) is 0.583. The van der Waals surface area contributed by atoms with Gasteiger partial charge in [-0.2, -0.15) is 0 Å². The molecule has 0 atom stereocenters. The van der Waals surface area contributed by atoms with Crippen LogP contribution in [0.5, 0.6) is 5.75 Å². The van der Waals surface area contributed by atoms with Gasteiger partial charge in [0, 0.05) is 21.1 Å². The number of carbonyl (C=O) groups is 1. The van der Waals surface area contributed by atoms with Crippen molar-refractivity contribution in [1.29, 1.82) is 0 Å². The van der Waals surface area contributed by atoms with Gasteiger partial charge in [-0.15, -0.1) is 0 Å². The molecular weight excluding hydrogens is 426 g/mol. The molecule has 1 amide bonds. The molecule has 0 aromatic heterocycles. The average Bonchev–Trinajstić information content (AvgIpc) is 2.77. The van der Waals surface area contributed by atoms with Crippen LogP contribution in [0.25, 0.3) is 11.1 Å². The fourth-order valence-corrected chi connectivity index (χ4v) is 3.94. The third-order valence-corrected chi connectivity index (χ3v) is 6.29. The standard InChI is InChI=1S/C24H27N3O4S/c1-26(2)23-19(12-9-13-22(23)31-4)24(28)25-20-16-18(17-10-7-6-8-11-17)14-15-21(20)27(3)32(5,29)30/h6-16H,1-5H3,(H,25,28). The van der Waals surface area contributed by atoms with E-state index in [-0.39, 0.29) is 5.91 Å². The van der Waals surface area contributed by atoms with Crippen molar-refractivity contribution < 1.29 is 17.9 Å². The molecule has 0 unspecified atom stereocenters. The Morgan fingerprint density at radius 1 is 0.906 bits per heavy atom. The lowest BCUT2D eigenvalue weighted by Crippen LogP contribution is -2.27. The van der Waals surface area contributed by atoms with Crippen molar-refractivity contribution in [3.8, 4) is 16.9 Å². The number of anilines is 3. The van der Waals surface area contributed by atoms with E-state index in [0.29, 0.717) is 28.4 Å². The monoisotopic (exact) mass is 453 g/mol. The second-order valence-electron chi connectivity index (χ2n) is 7.53. The van der Waals surface area contributed by atoms with Crippen molar-refractivity contribution in [3.05, 3.63) is 72.3 Å². The lowest BCUT2D eigenvalue weighted by molar-refractivity contribution is 0.102. The van der Waals surface area contributed by atoms with E-state index in [4.69, 9.17) is 4.74 Å². The molecule has 0 aliphatic carbocycles. The highest BCUT2D eigenvalue weighted by molar-refractivity contribution is 7.92. The number of nitrogens with one attached hydrogen (secondary N) is 1. The van der Waals surface area contributed by atoms with Gasteiger partial charge in [-0.05, 0) is 35.4 Å². The Kier molecular flexibility index (Phi) is 6.74. The van der Waals surface area contributed by atoms with E-state index in [0.717, 1.165) is 21.7 Å². The van der Waals surface area contributed by atoms with Crippen molar-refractivity contribution in [2.75, 3.05) is 49.0 Å². The maximum absolute atomic E-state index is 13.3. The van der Waals surface area contributed by atoms with Gasteiger partial charge in [0.1, 0.15) is 5.75 Å². The fourth-order valence-electron chi connectivity index (χ4n) is 3.42. The molecule has 0 fully saturated rings. The van der Waals surface area contributed by atoms with Gasteiger partial charge in [-0.1, -0.05) is 42.5 Å². The molecule has 0 heterocycles. The van der Waals surface area contributed by atoms with Crippen LogP contribution >= 0.6 is 0 Å². The Morgan fingerprint density at radius 3 is 2.19 bits per heavy atom. The summed E-state index contributed by atoms with van der Waals surface area (Å²) < 4.78 is 31.0. The Morgan fingerprint density at radius 2 is 1.59 bits per heavy atom. The van der Waals surface area contributed by atoms with Crippen LogP contribution in [-0.4, -0.2) is 48.8 Å². The minimum atomic E-state index is -3.53. The van der Waals surface area contributed by atoms with Gasteiger partial charge in [0.05, 0.1) is 36.0 Å². The first-order valence-corrected chi connectivity index (χ1v) is 11.8. The van der Waals surface area contributed by atoms with Crippen LogP contribution < -0.4 is 19.3 Å². The average molecular weight is 454 g/mol. The van der Waals surface area contributed by atoms with Gasteiger partial charge in [0.25, 0.3) is 5.91 Å². The molecule has 3 rings (SSSR count). The zero-order chi connectivity index (χ0) is 23.5. The van der Waals surface area contributed by atoms with Gasteiger partial charge >= 0.3 is 0 Å². The molecule has 3 aromatic rings. The molecule has 7 nitrogen and oxygen atoms in total. The number of hydrogen-bond donors (Lipinski definition) is 1. The summed E-state index contributed by atoms with van der Waals surface area (Å²) in [5, 5.41) is 2.91. The first kappa shape index (κ1) is 23.1. The van der Waals surface area contributed by atoms with Crippen LogP contribution in [0.1, 0.15) is 10.4 Å². The van der Waals surface area contributed by atoms with Crippen LogP contribution in [0.2, 0.25) is 0 Å². The van der Waals surface area contributed by atoms with Gasteiger partial charge in [-0.25, -0.2) is 8.42 Å². The number of carbonyl (C=O) groups excluding carboxylic acids is 1. The zero-order valence-corrected chi connectivity index (χ0v) is 19.6. The van der Waals surface area contributed by atoms with Crippen molar-refractivity contribution in [2.24, 2.45) is 0 Å². The van der Waals surface area contributed by atoms with Crippen LogP contribution in [0.3, 0.4) is 0 Å². The number of nitrogens with zero attached hydrogens (tertiary/aromatic N) is 2. The number of rotatable bonds is 7. The number of methoxy groups -OCH3 is 1. The summed E-state index contributed by atoms with van der Waals surface area (Å²) in [6, 6.07) is 20.2.